The van der Waals surface area contributed by atoms with Crippen LogP contribution in [0.25, 0.3) is 17.3 Å². The molecular formula is C23H25N5O3. The van der Waals surface area contributed by atoms with Crippen LogP contribution in [0.3, 0.4) is 0 Å². The van der Waals surface area contributed by atoms with E-state index in [1.165, 1.54) is 13.2 Å². The molecular weight excluding hydrogens is 394 g/mol. The fourth-order valence-electron chi connectivity index (χ4n) is 3.58. The molecule has 1 aromatic carbocycles. The van der Waals surface area contributed by atoms with E-state index >= 15 is 0 Å². The number of nitrogens with zero attached hydrogens (tertiary/aromatic N) is 2. The molecule has 2 heterocycles. The Bertz CT molecular complexity index is 1100. The first-order chi connectivity index (χ1) is 15.0. The largest absolute Gasteiger partial charge is 0.507 e. The molecule has 2 fully saturated rings. The molecule has 4 rings (SSSR count). The number of phenolic OH excluding ortho intramolecular Hbond substituents is 1. The number of nitrogens with one attached hydrogen (secondary N) is 3. The van der Waals surface area contributed by atoms with E-state index in [-0.39, 0.29) is 23.3 Å². The third-order valence-corrected chi connectivity index (χ3v) is 5.61. The maximum atomic E-state index is 12.5. The Hall–Kier alpha value is -3.57. The molecule has 0 radical (unpaired) electrons. The van der Waals surface area contributed by atoms with Crippen molar-refractivity contribution in [1.29, 1.82) is 5.26 Å². The van der Waals surface area contributed by atoms with Gasteiger partial charge in [0, 0.05) is 24.7 Å². The van der Waals surface area contributed by atoms with Gasteiger partial charge in [0.1, 0.15) is 28.3 Å². The van der Waals surface area contributed by atoms with Crippen molar-refractivity contribution in [3.63, 3.8) is 0 Å². The van der Waals surface area contributed by atoms with Crippen LogP contribution in [0.15, 0.2) is 36.1 Å². The van der Waals surface area contributed by atoms with E-state index in [0.717, 1.165) is 18.4 Å². The quantitative estimate of drug-likeness (QED) is 0.512. The summed E-state index contributed by atoms with van der Waals surface area (Å²) in [5.74, 6) is 0.387. The van der Waals surface area contributed by atoms with Gasteiger partial charge in [-0.25, -0.2) is 4.98 Å². The highest BCUT2D eigenvalue weighted by molar-refractivity contribution is 6.00. The zero-order valence-corrected chi connectivity index (χ0v) is 17.5. The lowest BCUT2D eigenvalue weighted by Crippen LogP contribution is -2.53. The zero-order valence-electron chi connectivity index (χ0n) is 17.5. The van der Waals surface area contributed by atoms with Crippen molar-refractivity contribution in [3.05, 3.63) is 47.4 Å². The van der Waals surface area contributed by atoms with Gasteiger partial charge in [0.25, 0.3) is 5.91 Å². The van der Waals surface area contributed by atoms with Crippen molar-refractivity contribution < 1.29 is 14.6 Å². The van der Waals surface area contributed by atoms with E-state index in [9.17, 15) is 15.2 Å². The van der Waals surface area contributed by atoms with Gasteiger partial charge < -0.3 is 25.5 Å². The summed E-state index contributed by atoms with van der Waals surface area (Å²) < 4.78 is 5.38. The Morgan fingerprint density at radius 3 is 2.77 bits per heavy atom. The second kappa shape index (κ2) is 8.28. The highest BCUT2D eigenvalue weighted by Gasteiger charge is 2.40. The van der Waals surface area contributed by atoms with Crippen molar-refractivity contribution in [3.8, 4) is 28.8 Å². The average Bonchev–Trinajstić information content (AvgIpc) is 3.41. The molecule has 8 heteroatoms. The molecule has 8 nitrogen and oxygen atoms in total. The summed E-state index contributed by atoms with van der Waals surface area (Å²) in [4.78, 5) is 20.1. The average molecular weight is 419 g/mol. The Labute approximate surface area is 180 Å². The van der Waals surface area contributed by atoms with E-state index in [1.54, 1.807) is 12.3 Å². The number of hydrogen-bond donors (Lipinski definition) is 4. The number of aromatic amines is 1. The summed E-state index contributed by atoms with van der Waals surface area (Å²) in [6, 6.07) is 5.79. The fraction of sp³-hybridized carbons (Fsp3) is 0.348. The molecule has 0 unspecified atom stereocenters. The van der Waals surface area contributed by atoms with Crippen LogP contribution >= 0.6 is 0 Å². The van der Waals surface area contributed by atoms with Crippen molar-refractivity contribution in [1.82, 2.24) is 20.6 Å². The van der Waals surface area contributed by atoms with Crippen LogP contribution in [0.2, 0.25) is 0 Å². The SMILES string of the molecule is C/C=C\C(=C/c1ncc(-c2cc(O)c(C(=O)NC3CC3)c(OC)c2)[nH]1)C1(C#N)CNC1. The number of carbonyl (C=O) groups is 1. The number of hydrogen-bond acceptors (Lipinski definition) is 6. The van der Waals surface area contributed by atoms with Crippen LogP contribution in [0.5, 0.6) is 11.5 Å². The smallest absolute Gasteiger partial charge is 0.259 e. The van der Waals surface area contributed by atoms with Crippen LogP contribution in [-0.2, 0) is 0 Å². The minimum Gasteiger partial charge on any atom is -0.507 e. The monoisotopic (exact) mass is 419 g/mol. The molecule has 1 amide bonds. The van der Waals surface area contributed by atoms with E-state index in [2.05, 4.69) is 26.7 Å². The standard InChI is InChI=1S/C23H25N5O3/c1-3-4-15(23(11-24)12-25-13-23)9-20-26-10-17(28-20)14-7-18(29)21(19(8-14)31-2)22(30)27-16-5-6-16/h3-4,7-10,16,25,29H,5-6,12-13H2,1-2H3,(H,26,28)(H,27,30)/b4-3-,15-9+. The van der Waals surface area contributed by atoms with E-state index in [4.69, 9.17) is 4.74 Å². The maximum Gasteiger partial charge on any atom is 0.259 e. The van der Waals surface area contributed by atoms with Gasteiger partial charge in [-0.2, -0.15) is 5.26 Å². The van der Waals surface area contributed by atoms with Gasteiger partial charge in [-0.15, -0.1) is 0 Å². The predicted octanol–water partition coefficient (Wildman–Crippen LogP) is 2.76. The number of ether oxygens (including phenoxy) is 1. The van der Waals surface area contributed by atoms with Crippen molar-refractivity contribution >= 4 is 12.0 Å². The Balaban J connectivity index is 1.65. The number of aromatic hydroxyl groups is 1. The Morgan fingerprint density at radius 1 is 1.42 bits per heavy atom. The van der Waals surface area contributed by atoms with Gasteiger partial charge in [0.05, 0.1) is 25.1 Å². The topological polar surface area (TPSA) is 123 Å². The highest BCUT2D eigenvalue weighted by Crippen LogP contribution is 2.36. The summed E-state index contributed by atoms with van der Waals surface area (Å²) in [7, 11) is 1.46. The lowest BCUT2D eigenvalue weighted by Gasteiger charge is -2.37. The first-order valence-corrected chi connectivity index (χ1v) is 10.2. The summed E-state index contributed by atoms with van der Waals surface area (Å²) in [6.07, 6.45) is 9.25. The van der Waals surface area contributed by atoms with Gasteiger partial charge >= 0.3 is 0 Å². The number of H-pyrrole nitrogens is 1. The molecule has 1 aliphatic heterocycles. The Morgan fingerprint density at radius 2 is 2.19 bits per heavy atom. The third kappa shape index (κ3) is 4.05. The normalized spacial score (nSPS) is 17.8. The number of allylic oxidation sites excluding steroid dienone is 2. The molecule has 0 bridgehead atoms. The number of amides is 1. The molecule has 2 aliphatic rings. The summed E-state index contributed by atoms with van der Waals surface area (Å²) in [5, 5.41) is 26.2. The van der Waals surface area contributed by atoms with Crippen LogP contribution < -0.4 is 15.4 Å². The summed E-state index contributed by atoms with van der Waals surface area (Å²) in [6.45, 7) is 3.11. The number of benzene rings is 1. The molecule has 1 aromatic heterocycles. The number of aromatic nitrogens is 2. The Kier molecular flexibility index (Phi) is 5.53. The zero-order chi connectivity index (χ0) is 22.0. The second-order valence-corrected chi connectivity index (χ2v) is 7.90. The van der Waals surface area contributed by atoms with Gasteiger partial charge in [-0.3, -0.25) is 4.79 Å². The second-order valence-electron chi connectivity index (χ2n) is 7.90. The molecule has 1 aliphatic carbocycles. The lowest BCUT2D eigenvalue weighted by molar-refractivity contribution is 0.0945. The molecule has 1 saturated heterocycles. The molecule has 1 saturated carbocycles. The molecule has 0 atom stereocenters. The van der Waals surface area contributed by atoms with Crippen molar-refractivity contribution in [2.75, 3.05) is 20.2 Å². The van der Waals surface area contributed by atoms with Gasteiger partial charge in [0.15, 0.2) is 0 Å². The molecule has 2 aromatic rings. The molecule has 31 heavy (non-hydrogen) atoms. The maximum absolute atomic E-state index is 12.5. The van der Waals surface area contributed by atoms with E-state index in [0.29, 0.717) is 35.9 Å². The van der Waals surface area contributed by atoms with Crippen molar-refractivity contribution in [2.24, 2.45) is 5.41 Å². The summed E-state index contributed by atoms with van der Waals surface area (Å²) >= 11 is 0. The van der Waals surface area contributed by atoms with Gasteiger partial charge in [0.2, 0.25) is 0 Å². The van der Waals surface area contributed by atoms with Crippen LogP contribution in [0, 0.1) is 16.7 Å². The first-order valence-electron chi connectivity index (χ1n) is 10.2. The van der Waals surface area contributed by atoms with Crippen molar-refractivity contribution in [2.45, 2.75) is 25.8 Å². The highest BCUT2D eigenvalue weighted by atomic mass is 16.5. The first kappa shape index (κ1) is 20.7. The number of phenols is 1. The molecule has 4 N–H and O–H groups in total. The third-order valence-electron chi connectivity index (χ3n) is 5.61. The molecule has 0 spiro atoms. The summed E-state index contributed by atoms with van der Waals surface area (Å²) in [5.41, 5.74) is 1.74. The number of rotatable bonds is 7. The number of methoxy groups -OCH3 is 1. The molecule has 160 valence electrons. The van der Waals surface area contributed by atoms with Crippen LogP contribution in [-0.4, -0.2) is 47.2 Å². The lowest BCUT2D eigenvalue weighted by atomic mass is 9.75. The fourth-order valence-corrected chi connectivity index (χ4v) is 3.58. The van der Waals surface area contributed by atoms with E-state index < -0.39 is 5.41 Å². The van der Waals surface area contributed by atoms with Crippen LogP contribution in [0.1, 0.15) is 35.9 Å². The van der Waals surface area contributed by atoms with Crippen LogP contribution in [0.4, 0.5) is 0 Å². The van der Waals surface area contributed by atoms with Gasteiger partial charge in [-0.1, -0.05) is 12.2 Å². The number of imidazole rings is 1. The minimum absolute atomic E-state index is 0.126. The number of carbonyl (C=O) groups excluding carboxylic acids is 1. The van der Waals surface area contributed by atoms with Gasteiger partial charge in [-0.05, 0) is 43.5 Å². The van der Waals surface area contributed by atoms with E-state index in [1.807, 2.05) is 25.2 Å². The minimum atomic E-state index is -0.558. The number of nitriles is 1. The predicted molar refractivity (Wildman–Crippen MR) is 116 cm³/mol.